The van der Waals surface area contributed by atoms with Crippen LogP contribution in [0, 0.1) is 0 Å². The first-order valence-electron chi connectivity index (χ1n) is 5.02. The summed E-state index contributed by atoms with van der Waals surface area (Å²) in [7, 11) is 0. The van der Waals surface area contributed by atoms with Gasteiger partial charge in [0.2, 0.25) is 5.91 Å². The molecule has 2 N–H and O–H groups in total. The average molecular weight is 327 g/mol. The van der Waals surface area contributed by atoms with Gasteiger partial charge in [-0.05, 0) is 30.3 Å². The summed E-state index contributed by atoms with van der Waals surface area (Å²) in [6.45, 7) is 0. The number of primary amides is 1. The summed E-state index contributed by atoms with van der Waals surface area (Å²) in [6.07, 6.45) is 0. The van der Waals surface area contributed by atoms with Crippen molar-refractivity contribution in [1.29, 1.82) is 0 Å². The van der Waals surface area contributed by atoms with Crippen molar-refractivity contribution in [2.75, 3.05) is 0 Å². The van der Waals surface area contributed by atoms with Crippen molar-refractivity contribution < 1.29 is 24.3 Å². The predicted octanol–water partition coefficient (Wildman–Crippen LogP) is 3.22. The molecule has 0 aliphatic carbocycles. The number of amides is 1. The molecular weight excluding hydrogens is 316 g/mol. The maximum Gasteiger partial charge on any atom is 2.00 e. The molecular formula is C13H11NOS2Zn+2. The van der Waals surface area contributed by atoms with E-state index >= 15 is 0 Å². The summed E-state index contributed by atoms with van der Waals surface area (Å²) < 4.78 is 0. The first-order valence-corrected chi connectivity index (χ1v) is 6.29. The number of hydrogen-bond donors (Lipinski definition) is 2. The minimum Gasteiger partial charge on any atom is -0.366 e. The van der Waals surface area contributed by atoms with E-state index in [9.17, 15) is 4.79 Å². The minimum atomic E-state index is -0.423. The smallest absolute Gasteiger partial charge is 0.366 e. The van der Waals surface area contributed by atoms with Gasteiger partial charge >= 0.3 is 19.5 Å². The van der Waals surface area contributed by atoms with Gasteiger partial charge in [-0.1, -0.05) is 30.0 Å². The number of nitrogens with two attached hydrogens (primary N) is 1. The Balaban J connectivity index is 0.00000162. The largest absolute Gasteiger partial charge is 2.00 e. The van der Waals surface area contributed by atoms with Gasteiger partial charge < -0.3 is 5.73 Å². The van der Waals surface area contributed by atoms with Crippen LogP contribution in [0.1, 0.15) is 10.4 Å². The Morgan fingerprint density at radius 2 is 1.78 bits per heavy atom. The van der Waals surface area contributed by atoms with Crippen molar-refractivity contribution in [3.05, 3.63) is 54.1 Å². The fourth-order valence-corrected chi connectivity index (χ4v) is 2.55. The summed E-state index contributed by atoms with van der Waals surface area (Å²) in [4.78, 5) is 14.0. The second-order valence-corrected chi connectivity index (χ2v) is 5.06. The summed E-state index contributed by atoms with van der Waals surface area (Å²) in [5.41, 5.74) is 5.75. The van der Waals surface area contributed by atoms with E-state index in [1.54, 1.807) is 30.0 Å². The molecule has 0 aliphatic heterocycles. The van der Waals surface area contributed by atoms with E-state index in [0.717, 1.165) is 14.7 Å². The fraction of sp³-hybridized carbons (Fsp3) is 0. The Bertz CT molecular complexity index is 546. The predicted molar refractivity (Wildman–Crippen MR) is 72.8 cm³/mol. The van der Waals surface area contributed by atoms with Crippen LogP contribution in [0.15, 0.2) is 63.2 Å². The molecule has 0 bridgehead atoms. The molecule has 2 rings (SSSR count). The number of thiol groups is 1. The molecule has 0 fully saturated rings. The molecule has 0 saturated heterocycles. The molecule has 1 amide bonds. The third kappa shape index (κ3) is 3.87. The Labute approximate surface area is 129 Å². The van der Waals surface area contributed by atoms with E-state index in [4.69, 9.17) is 5.73 Å². The van der Waals surface area contributed by atoms with Gasteiger partial charge in [-0.3, -0.25) is 4.79 Å². The summed E-state index contributed by atoms with van der Waals surface area (Å²) in [5.74, 6) is -0.423. The normalized spacial score (nSPS) is 9.61. The number of hydrogen-bond acceptors (Lipinski definition) is 3. The minimum absolute atomic E-state index is 0. The SMILES string of the molecule is NC(=O)c1ccc(S)c(Sc2ccccc2)c1.[Zn+2]. The molecule has 2 aromatic rings. The van der Waals surface area contributed by atoms with Gasteiger partial charge in [-0.15, -0.1) is 12.6 Å². The van der Waals surface area contributed by atoms with Crippen molar-refractivity contribution in [3.63, 3.8) is 0 Å². The van der Waals surface area contributed by atoms with Gasteiger partial charge in [0.15, 0.2) is 0 Å². The number of benzene rings is 2. The molecule has 0 saturated carbocycles. The molecule has 86 valence electrons. The monoisotopic (exact) mass is 325 g/mol. The van der Waals surface area contributed by atoms with E-state index < -0.39 is 5.91 Å². The van der Waals surface area contributed by atoms with Crippen molar-refractivity contribution >= 4 is 30.3 Å². The Morgan fingerprint density at radius 1 is 1.11 bits per heavy atom. The molecule has 0 heterocycles. The molecule has 0 atom stereocenters. The van der Waals surface area contributed by atoms with E-state index in [0.29, 0.717) is 5.56 Å². The summed E-state index contributed by atoms with van der Waals surface area (Å²) >= 11 is 5.93. The van der Waals surface area contributed by atoms with Crippen molar-refractivity contribution in [3.8, 4) is 0 Å². The van der Waals surface area contributed by atoms with Crippen molar-refractivity contribution in [2.24, 2.45) is 5.73 Å². The standard InChI is InChI=1S/C13H11NOS2.Zn/c14-13(15)9-6-7-11(16)12(8-9)17-10-4-2-1-3-5-10;/h1-8,16H,(H2,14,15);/q;+2. The first-order chi connectivity index (χ1) is 8.16. The number of rotatable bonds is 3. The molecule has 2 nitrogen and oxygen atoms in total. The topological polar surface area (TPSA) is 43.1 Å². The van der Waals surface area contributed by atoms with Gasteiger partial charge in [0.05, 0.1) is 0 Å². The van der Waals surface area contributed by atoms with Gasteiger partial charge in [0, 0.05) is 20.2 Å². The van der Waals surface area contributed by atoms with Crippen LogP contribution < -0.4 is 5.73 Å². The molecule has 5 heteroatoms. The van der Waals surface area contributed by atoms with Gasteiger partial charge in [-0.25, -0.2) is 0 Å². The van der Waals surface area contributed by atoms with Gasteiger partial charge in [0.25, 0.3) is 0 Å². The number of carbonyl (C=O) groups is 1. The number of carbonyl (C=O) groups excluding carboxylic acids is 1. The van der Waals surface area contributed by atoms with Crippen LogP contribution in [0.5, 0.6) is 0 Å². The zero-order chi connectivity index (χ0) is 12.3. The second kappa shape index (κ2) is 6.98. The van der Waals surface area contributed by atoms with Crippen LogP contribution in [-0.4, -0.2) is 5.91 Å². The van der Waals surface area contributed by atoms with E-state index in [-0.39, 0.29) is 19.5 Å². The molecule has 0 aromatic heterocycles. The van der Waals surface area contributed by atoms with Crippen LogP contribution in [0.4, 0.5) is 0 Å². The van der Waals surface area contributed by atoms with Crippen molar-refractivity contribution in [2.45, 2.75) is 14.7 Å². The summed E-state index contributed by atoms with van der Waals surface area (Å²) in [5, 5.41) is 0. The third-order valence-electron chi connectivity index (χ3n) is 2.22. The molecule has 2 aromatic carbocycles. The summed E-state index contributed by atoms with van der Waals surface area (Å²) in [6, 6.07) is 15.2. The van der Waals surface area contributed by atoms with Gasteiger partial charge in [0.1, 0.15) is 0 Å². The maximum absolute atomic E-state index is 11.1. The van der Waals surface area contributed by atoms with Crippen LogP contribution in [0.2, 0.25) is 0 Å². The van der Waals surface area contributed by atoms with E-state index in [1.165, 1.54) is 0 Å². The molecule has 0 radical (unpaired) electrons. The fourth-order valence-electron chi connectivity index (χ4n) is 1.36. The zero-order valence-electron chi connectivity index (χ0n) is 9.67. The van der Waals surface area contributed by atoms with E-state index in [1.807, 2.05) is 30.3 Å². The van der Waals surface area contributed by atoms with Crippen LogP contribution in [0.3, 0.4) is 0 Å². The third-order valence-corrected chi connectivity index (χ3v) is 3.82. The van der Waals surface area contributed by atoms with Crippen molar-refractivity contribution in [1.82, 2.24) is 0 Å². The first kappa shape index (κ1) is 15.3. The van der Waals surface area contributed by atoms with Gasteiger partial charge in [-0.2, -0.15) is 0 Å². The second-order valence-electron chi connectivity index (χ2n) is 3.46. The van der Waals surface area contributed by atoms with Crippen LogP contribution >= 0.6 is 24.4 Å². The zero-order valence-corrected chi connectivity index (χ0v) is 14.3. The Morgan fingerprint density at radius 3 is 2.39 bits per heavy atom. The quantitative estimate of drug-likeness (QED) is 0.672. The van der Waals surface area contributed by atoms with Crippen LogP contribution in [0.25, 0.3) is 0 Å². The maximum atomic E-state index is 11.1. The molecule has 0 aliphatic rings. The van der Waals surface area contributed by atoms with Crippen LogP contribution in [-0.2, 0) is 19.5 Å². The van der Waals surface area contributed by atoms with E-state index in [2.05, 4.69) is 12.6 Å². The molecule has 0 unspecified atom stereocenters. The average Bonchev–Trinajstić information content (AvgIpc) is 2.33. The molecule has 0 spiro atoms. The Kier molecular flexibility index (Phi) is 5.93. The molecule has 18 heavy (non-hydrogen) atoms. The Hall–Kier alpha value is -0.767.